The van der Waals surface area contributed by atoms with Crippen LogP contribution in [-0.4, -0.2) is 27.8 Å². The predicted molar refractivity (Wildman–Crippen MR) is 125 cm³/mol. The molecule has 4 rings (SSSR count). The Labute approximate surface area is 192 Å². The second-order valence-corrected chi connectivity index (χ2v) is 7.14. The van der Waals surface area contributed by atoms with Crippen molar-refractivity contribution >= 4 is 45.7 Å². The van der Waals surface area contributed by atoms with Crippen molar-refractivity contribution in [1.29, 1.82) is 0 Å². The summed E-state index contributed by atoms with van der Waals surface area (Å²) in [6.07, 6.45) is 1.41. The highest BCUT2D eigenvalue weighted by Crippen LogP contribution is 2.38. The van der Waals surface area contributed by atoms with Gasteiger partial charge in [-0.25, -0.2) is 4.98 Å². The highest BCUT2D eigenvalue weighted by Gasteiger charge is 2.21. The van der Waals surface area contributed by atoms with Crippen LogP contribution in [0.1, 0.15) is 31.1 Å². The van der Waals surface area contributed by atoms with Gasteiger partial charge >= 0.3 is 0 Å². The van der Waals surface area contributed by atoms with E-state index in [9.17, 15) is 19.5 Å². The summed E-state index contributed by atoms with van der Waals surface area (Å²) in [7, 11) is 0. The van der Waals surface area contributed by atoms with Gasteiger partial charge in [-0.15, -0.1) is 10.2 Å². The fourth-order valence-corrected chi connectivity index (χ4v) is 3.39. The lowest BCUT2D eigenvalue weighted by Gasteiger charge is -2.13. The Morgan fingerprint density at radius 3 is 2.29 bits per heavy atom. The van der Waals surface area contributed by atoms with Crippen molar-refractivity contribution in [2.75, 3.05) is 5.32 Å². The van der Waals surface area contributed by atoms with E-state index in [-0.39, 0.29) is 33.9 Å². The fourth-order valence-electron chi connectivity index (χ4n) is 3.39. The molecule has 3 amide bonds. The third-order valence-electron chi connectivity index (χ3n) is 4.97. The molecular formula is C24H18N6O4. The number of carbonyl (C=O) groups is 3. The van der Waals surface area contributed by atoms with Gasteiger partial charge < -0.3 is 21.9 Å². The molecule has 10 nitrogen and oxygen atoms in total. The van der Waals surface area contributed by atoms with Crippen LogP contribution in [-0.2, 0) is 0 Å². The molecule has 0 saturated heterocycles. The summed E-state index contributed by atoms with van der Waals surface area (Å²) >= 11 is 0. The molecule has 0 aliphatic rings. The van der Waals surface area contributed by atoms with Gasteiger partial charge in [-0.3, -0.25) is 14.4 Å². The van der Waals surface area contributed by atoms with Crippen molar-refractivity contribution in [1.82, 2.24) is 4.98 Å². The Bertz CT molecular complexity index is 1480. The van der Waals surface area contributed by atoms with E-state index in [1.165, 1.54) is 36.5 Å². The number of hydrogen-bond acceptors (Lipinski definition) is 7. The topological polar surface area (TPSA) is 173 Å². The smallest absolute Gasteiger partial charge is 0.260 e. The van der Waals surface area contributed by atoms with Crippen LogP contribution in [0.3, 0.4) is 0 Å². The van der Waals surface area contributed by atoms with Crippen molar-refractivity contribution in [3.8, 4) is 5.75 Å². The van der Waals surface area contributed by atoms with Crippen LogP contribution < -0.4 is 16.8 Å². The average Bonchev–Trinajstić information content (AvgIpc) is 2.83. The molecule has 1 aromatic heterocycles. The van der Waals surface area contributed by atoms with Crippen LogP contribution in [0.5, 0.6) is 5.75 Å². The lowest BCUT2D eigenvalue weighted by Crippen LogP contribution is -2.18. The summed E-state index contributed by atoms with van der Waals surface area (Å²) in [5.41, 5.74) is 11.0. The standard InChI is InChI=1S/C24H18N6O4/c25-21(32)15-8-3-4-10-17(15)28-24(34)19-14-7-2-1-6-13(14)12-18(20(19)31)29-30-23-16(22(26)33)9-5-11-27-23/h1-12,31H,(H2,25,32)(H2,26,33)(H,28,34). The van der Waals surface area contributed by atoms with E-state index in [1.807, 2.05) is 0 Å². The maximum Gasteiger partial charge on any atom is 0.260 e. The zero-order valence-electron chi connectivity index (χ0n) is 17.6. The fraction of sp³-hybridized carbons (Fsp3) is 0. The summed E-state index contributed by atoms with van der Waals surface area (Å²) in [5, 5.41) is 22.6. The van der Waals surface area contributed by atoms with E-state index in [1.54, 1.807) is 36.4 Å². The van der Waals surface area contributed by atoms with E-state index in [4.69, 9.17) is 11.5 Å². The first-order valence-corrected chi connectivity index (χ1v) is 9.98. The lowest BCUT2D eigenvalue weighted by molar-refractivity contribution is 0.0991. The second-order valence-electron chi connectivity index (χ2n) is 7.14. The molecule has 34 heavy (non-hydrogen) atoms. The molecule has 4 aromatic rings. The number of phenolic OH excluding ortho intramolecular Hbond substituents is 1. The minimum atomic E-state index is -0.738. The Hall–Kier alpha value is -5.12. The molecular weight excluding hydrogens is 436 g/mol. The van der Waals surface area contributed by atoms with Crippen molar-refractivity contribution in [2.45, 2.75) is 0 Å². The number of rotatable bonds is 6. The van der Waals surface area contributed by atoms with Gasteiger partial charge in [-0.1, -0.05) is 36.4 Å². The van der Waals surface area contributed by atoms with Gasteiger partial charge in [0.2, 0.25) is 0 Å². The largest absolute Gasteiger partial charge is 0.505 e. The minimum Gasteiger partial charge on any atom is -0.505 e. The zero-order chi connectivity index (χ0) is 24.2. The molecule has 0 atom stereocenters. The quantitative estimate of drug-likeness (QED) is 0.324. The number of anilines is 1. The second kappa shape index (κ2) is 9.17. The van der Waals surface area contributed by atoms with Crippen molar-refractivity contribution in [3.05, 3.63) is 89.6 Å². The molecule has 6 N–H and O–H groups in total. The Kier molecular flexibility index (Phi) is 5.95. The van der Waals surface area contributed by atoms with Crippen LogP contribution in [0.4, 0.5) is 17.2 Å². The van der Waals surface area contributed by atoms with Crippen molar-refractivity contribution in [3.63, 3.8) is 0 Å². The van der Waals surface area contributed by atoms with Crippen LogP contribution in [0.25, 0.3) is 10.8 Å². The first-order chi connectivity index (χ1) is 16.4. The van der Waals surface area contributed by atoms with Crippen LogP contribution >= 0.6 is 0 Å². The van der Waals surface area contributed by atoms with Gasteiger partial charge in [-0.05, 0) is 41.1 Å². The summed E-state index contributed by atoms with van der Waals surface area (Å²) < 4.78 is 0. The molecule has 168 valence electrons. The van der Waals surface area contributed by atoms with E-state index in [0.29, 0.717) is 10.8 Å². The van der Waals surface area contributed by atoms with Crippen LogP contribution in [0.2, 0.25) is 0 Å². The molecule has 0 fully saturated rings. The third kappa shape index (κ3) is 4.28. The van der Waals surface area contributed by atoms with Gasteiger partial charge in [0.15, 0.2) is 11.6 Å². The number of fused-ring (bicyclic) bond motifs is 1. The summed E-state index contributed by atoms with van der Waals surface area (Å²) in [6, 6.07) is 17.6. The molecule has 0 aliphatic carbocycles. The number of benzene rings is 3. The summed E-state index contributed by atoms with van der Waals surface area (Å²) in [4.78, 5) is 40.5. The number of nitrogens with two attached hydrogens (primary N) is 2. The maximum absolute atomic E-state index is 13.2. The highest BCUT2D eigenvalue weighted by molar-refractivity contribution is 6.17. The molecule has 0 unspecified atom stereocenters. The highest BCUT2D eigenvalue weighted by atomic mass is 16.3. The van der Waals surface area contributed by atoms with Crippen molar-refractivity contribution < 1.29 is 19.5 Å². The van der Waals surface area contributed by atoms with E-state index < -0.39 is 23.5 Å². The number of nitrogens with one attached hydrogen (secondary N) is 1. The number of azo groups is 1. The third-order valence-corrected chi connectivity index (χ3v) is 4.97. The molecule has 3 aromatic carbocycles. The molecule has 10 heteroatoms. The van der Waals surface area contributed by atoms with Gasteiger partial charge in [-0.2, -0.15) is 0 Å². The number of nitrogens with zero attached hydrogens (tertiary/aromatic N) is 3. The number of para-hydroxylation sites is 1. The molecule has 1 heterocycles. The minimum absolute atomic E-state index is 0.0342. The van der Waals surface area contributed by atoms with E-state index >= 15 is 0 Å². The maximum atomic E-state index is 13.2. The van der Waals surface area contributed by atoms with Gasteiger partial charge in [0.05, 0.1) is 22.4 Å². The predicted octanol–water partition coefficient (Wildman–Crippen LogP) is 3.81. The number of carbonyl (C=O) groups excluding carboxylic acids is 3. The average molecular weight is 454 g/mol. The van der Waals surface area contributed by atoms with Crippen LogP contribution in [0.15, 0.2) is 83.2 Å². The first-order valence-electron chi connectivity index (χ1n) is 9.98. The lowest BCUT2D eigenvalue weighted by atomic mass is 10.0. The normalized spacial score (nSPS) is 10.9. The Balaban J connectivity index is 1.81. The molecule has 0 bridgehead atoms. The van der Waals surface area contributed by atoms with Gasteiger partial charge in [0, 0.05) is 6.20 Å². The molecule has 0 saturated carbocycles. The summed E-state index contributed by atoms with van der Waals surface area (Å²) in [6.45, 7) is 0. The molecule has 0 radical (unpaired) electrons. The molecule has 0 aliphatic heterocycles. The Morgan fingerprint density at radius 1 is 0.853 bits per heavy atom. The molecule has 0 spiro atoms. The SMILES string of the molecule is NC(=O)c1ccccc1NC(=O)c1c(O)c(N=Nc2ncccc2C(N)=O)cc2ccccc12. The number of aromatic nitrogens is 1. The Morgan fingerprint density at radius 2 is 1.53 bits per heavy atom. The number of pyridine rings is 1. The number of hydrogen-bond donors (Lipinski definition) is 4. The van der Waals surface area contributed by atoms with E-state index in [2.05, 4.69) is 20.5 Å². The number of phenols is 1. The van der Waals surface area contributed by atoms with Crippen molar-refractivity contribution in [2.24, 2.45) is 21.7 Å². The van der Waals surface area contributed by atoms with Crippen LogP contribution in [0, 0.1) is 0 Å². The number of amides is 3. The number of aromatic hydroxyl groups is 1. The zero-order valence-corrected chi connectivity index (χ0v) is 17.6. The first kappa shape index (κ1) is 22.1. The van der Waals surface area contributed by atoms with Gasteiger partial charge in [0.1, 0.15) is 5.69 Å². The summed E-state index contributed by atoms with van der Waals surface area (Å²) in [5.74, 6) is -2.63. The number of primary amides is 2. The monoisotopic (exact) mass is 454 g/mol. The van der Waals surface area contributed by atoms with Gasteiger partial charge in [0.25, 0.3) is 17.7 Å². The van der Waals surface area contributed by atoms with E-state index in [0.717, 1.165) is 0 Å².